The Balaban J connectivity index is 1.82. The van der Waals surface area contributed by atoms with Gasteiger partial charge in [0.05, 0.1) is 11.7 Å². The molecule has 100 valence electrons. The van der Waals surface area contributed by atoms with Crippen LogP contribution in [0.4, 0.5) is 0 Å². The molecule has 18 heavy (non-hydrogen) atoms. The average molecular weight is 247 g/mol. The Morgan fingerprint density at radius 2 is 2.00 bits per heavy atom. The van der Waals surface area contributed by atoms with Gasteiger partial charge in [0.1, 0.15) is 0 Å². The van der Waals surface area contributed by atoms with E-state index < -0.39 is 0 Å². The highest BCUT2D eigenvalue weighted by atomic mass is 16.5. The van der Waals surface area contributed by atoms with E-state index in [2.05, 4.69) is 57.3 Å². The number of hydrogen-bond acceptors (Lipinski definition) is 2. The maximum atomic E-state index is 5.99. The van der Waals surface area contributed by atoms with E-state index in [1.807, 2.05) is 0 Å². The Kier molecular flexibility index (Phi) is 4.08. The van der Waals surface area contributed by atoms with Gasteiger partial charge < -0.3 is 10.1 Å². The van der Waals surface area contributed by atoms with Gasteiger partial charge in [-0.1, -0.05) is 29.8 Å². The first-order valence-electron chi connectivity index (χ1n) is 6.94. The predicted molar refractivity (Wildman–Crippen MR) is 75.8 cm³/mol. The van der Waals surface area contributed by atoms with Crippen molar-refractivity contribution in [3.8, 4) is 0 Å². The number of nitrogens with one attached hydrogen (secondary N) is 1. The molecule has 2 rings (SSSR count). The molecular formula is C16H25NO. The Hall–Kier alpha value is -0.860. The van der Waals surface area contributed by atoms with Crippen LogP contribution in [0.15, 0.2) is 24.3 Å². The van der Waals surface area contributed by atoms with Gasteiger partial charge in [0.25, 0.3) is 0 Å². The summed E-state index contributed by atoms with van der Waals surface area (Å²) < 4.78 is 5.99. The fraction of sp³-hybridized carbons (Fsp3) is 0.625. The van der Waals surface area contributed by atoms with E-state index in [0.717, 1.165) is 13.0 Å². The highest BCUT2D eigenvalue weighted by molar-refractivity contribution is 5.23. The second-order valence-corrected chi connectivity index (χ2v) is 6.08. The minimum Gasteiger partial charge on any atom is -0.371 e. The zero-order chi connectivity index (χ0) is 13.2. The molecule has 1 N–H and O–H groups in total. The van der Waals surface area contributed by atoms with E-state index in [9.17, 15) is 0 Å². The zero-order valence-corrected chi connectivity index (χ0v) is 12.0. The predicted octanol–water partition coefficient (Wildman–Crippen LogP) is 3.60. The summed E-state index contributed by atoms with van der Waals surface area (Å²) in [6, 6.07) is 9.13. The molecule has 1 aromatic carbocycles. The van der Waals surface area contributed by atoms with Crippen molar-refractivity contribution in [2.24, 2.45) is 0 Å². The van der Waals surface area contributed by atoms with Gasteiger partial charge in [-0.15, -0.1) is 0 Å². The van der Waals surface area contributed by atoms with Crippen molar-refractivity contribution in [3.05, 3.63) is 35.4 Å². The second kappa shape index (κ2) is 5.41. The van der Waals surface area contributed by atoms with Gasteiger partial charge >= 0.3 is 0 Å². The number of ether oxygens (including phenoxy) is 1. The number of aryl methyl sites for hydroxylation is 1. The van der Waals surface area contributed by atoms with Crippen LogP contribution < -0.4 is 5.32 Å². The van der Waals surface area contributed by atoms with Crippen molar-refractivity contribution >= 4 is 0 Å². The third kappa shape index (κ3) is 3.56. The molecule has 0 spiro atoms. The summed E-state index contributed by atoms with van der Waals surface area (Å²) >= 11 is 0. The van der Waals surface area contributed by atoms with Crippen LogP contribution in [0.1, 0.15) is 50.8 Å². The summed E-state index contributed by atoms with van der Waals surface area (Å²) in [7, 11) is 0. The molecule has 1 aliphatic rings. The van der Waals surface area contributed by atoms with Gasteiger partial charge in [-0.2, -0.15) is 0 Å². The van der Waals surface area contributed by atoms with Crippen molar-refractivity contribution in [1.82, 2.24) is 5.32 Å². The van der Waals surface area contributed by atoms with Crippen molar-refractivity contribution < 1.29 is 4.74 Å². The lowest BCUT2D eigenvalue weighted by molar-refractivity contribution is -0.0150. The van der Waals surface area contributed by atoms with Crippen LogP contribution in [0.3, 0.4) is 0 Å². The summed E-state index contributed by atoms with van der Waals surface area (Å²) in [4.78, 5) is 0. The number of rotatable bonds is 4. The Morgan fingerprint density at radius 3 is 2.56 bits per heavy atom. The van der Waals surface area contributed by atoms with E-state index >= 15 is 0 Å². The van der Waals surface area contributed by atoms with Gasteiger partial charge in [0.15, 0.2) is 0 Å². The maximum absolute atomic E-state index is 5.99. The molecule has 1 saturated heterocycles. The topological polar surface area (TPSA) is 21.3 Å². The lowest BCUT2D eigenvalue weighted by atomic mass is 10.0. The molecule has 0 aromatic heterocycles. The zero-order valence-electron chi connectivity index (χ0n) is 12.0. The molecule has 1 aliphatic heterocycles. The van der Waals surface area contributed by atoms with E-state index in [-0.39, 0.29) is 5.60 Å². The molecular weight excluding hydrogens is 222 g/mol. The molecule has 2 atom stereocenters. The lowest BCUT2D eigenvalue weighted by Gasteiger charge is -2.21. The van der Waals surface area contributed by atoms with E-state index in [1.54, 1.807) is 0 Å². The molecule has 1 aromatic rings. The van der Waals surface area contributed by atoms with Gasteiger partial charge in [-0.25, -0.2) is 0 Å². The fourth-order valence-electron chi connectivity index (χ4n) is 2.50. The van der Waals surface area contributed by atoms with Gasteiger partial charge in [0.2, 0.25) is 0 Å². The molecule has 2 unspecified atom stereocenters. The van der Waals surface area contributed by atoms with Crippen molar-refractivity contribution in [2.75, 3.05) is 6.54 Å². The molecule has 0 radical (unpaired) electrons. The van der Waals surface area contributed by atoms with Crippen molar-refractivity contribution in [3.63, 3.8) is 0 Å². The molecule has 0 saturated carbocycles. The number of benzene rings is 1. The molecule has 0 aliphatic carbocycles. The van der Waals surface area contributed by atoms with E-state index in [4.69, 9.17) is 4.74 Å². The third-order valence-electron chi connectivity index (χ3n) is 3.78. The van der Waals surface area contributed by atoms with E-state index in [1.165, 1.54) is 17.5 Å². The van der Waals surface area contributed by atoms with Crippen LogP contribution in [-0.2, 0) is 4.74 Å². The Bertz CT molecular complexity index is 383. The van der Waals surface area contributed by atoms with Gasteiger partial charge in [-0.05, 0) is 46.1 Å². The van der Waals surface area contributed by atoms with Crippen LogP contribution in [0, 0.1) is 6.92 Å². The quantitative estimate of drug-likeness (QED) is 0.877. The van der Waals surface area contributed by atoms with Crippen LogP contribution >= 0.6 is 0 Å². The fourth-order valence-corrected chi connectivity index (χ4v) is 2.50. The summed E-state index contributed by atoms with van der Waals surface area (Å²) in [6.45, 7) is 9.63. The first-order valence-corrected chi connectivity index (χ1v) is 6.94. The molecule has 0 bridgehead atoms. The van der Waals surface area contributed by atoms with Crippen molar-refractivity contribution in [2.45, 2.75) is 58.3 Å². The summed E-state index contributed by atoms with van der Waals surface area (Å²) in [6.07, 6.45) is 2.70. The summed E-state index contributed by atoms with van der Waals surface area (Å²) in [5.74, 6) is 0. The van der Waals surface area contributed by atoms with Gasteiger partial charge in [-0.3, -0.25) is 0 Å². The van der Waals surface area contributed by atoms with Gasteiger partial charge in [0, 0.05) is 12.6 Å². The minimum absolute atomic E-state index is 0.0689. The molecule has 2 heteroatoms. The highest BCUT2D eigenvalue weighted by Crippen LogP contribution is 2.29. The first-order chi connectivity index (χ1) is 8.46. The molecule has 0 amide bonds. The molecule has 2 nitrogen and oxygen atoms in total. The highest BCUT2D eigenvalue weighted by Gasteiger charge is 2.31. The van der Waals surface area contributed by atoms with Crippen LogP contribution in [0.5, 0.6) is 0 Å². The molecule has 1 fully saturated rings. The third-order valence-corrected chi connectivity index (χ3v) is 3.78. The summed E-state index contributed by atoms with van der Waals surface area (Å²) in [5, 5.41) is 3.57. The van der Waals surface area contributed by atoms with Crippen LogP contribution in [0.2, 0.25) is 0 Å². The minimum atomic E-state index is 0.0689. The Labute approximate surface area is 111 Å². The smallest absolute Gasteiger partial charge is 0.0708 e. The lowest BCUT2D eigenvalue weighted by Crippen LogP contribution is -2.31. The average Bonchev–Trinajstić information content (AvgIpc) is 2.67. The monoisotopic (exact) mass is 247 g/mol. The van der Waals surface area contributed by atoms with Crippen LogP contribution in [-0.4, -0.2) is 18.2 Å². The standard InChI is InChI=1S/C16H25NO/c1-12-5-7-14(8-6-12)13(2)17-11-15-9-10-16(3,4)18-15/h5-8,13,15,17H,9-11H2,1-4H3. The Morgan fingerprint density at radius 1 is 1.33 bits per heavy atom. The largest absolute Gasteiger partial charge is 0.371 e. The van der Waals surface area contributed by atoms with E-state index in [0.29, 0.717) is 12.1 Å². The maximum Gasteiger partial charge on any atom is 0.0708 e. The van der Waals surface area contributed by atoms with Crippen LogP contribution in [0.25, 0.3) is 0 Å². The normalized spacial score (nSPS) is 24.1. The first kappa shape index (κ1) is 13.6. The second-order valence-electron chi connectivity index (χ2n) is 6.08. The SMILES string of the molecule is Cc1ccc(C(C)NCC2CCC(C)(C)O2)cc1. The number of hydrogen-bond donors (Lipinski definition) is 1. The molecule has 1 heterocycles. The van der Waals surface area contributed by atoms with Crippen molar-refractivity contribution in [1.29, 1.82) is 0 Å². The summed E-state index contributed by atoms with van der Waals surface area (Å²) in [5.41, 5.74) is 2.73.